The summed E-state index contributed by atoms with van der Waals surface area (Å²) in [6.07, 6.45) is 1.43. The summed E-state index contributed by atoms with van der Waals surface area (Å²) in [5, 5.41) is 0. The fourth-order valence-electron chi connectivity index (χ4n) is 1.60. The van der Waals surface area contributed by atoms with Crippen molar-refractivity contribution < 1.29 is 27.2 Å². The van der Waals surface area contributed by atoms with Crippen LogP contribution in [0.3, 0.4) is 0 Å². The third-order valence-electron chi connectivity index (χ3n) is 2.66. The van der Waals surface area contributed by atoms with Gasteiger partial charge in [0.15, 0.2) is 0 Å². The first-order valence-corrected chi connectivity index (χ1v) is 8.93. The van der Waals surface area contributed by atoms with Crippen LogP contribution in [0.2, 0.25) is 0 Å². The van der Waals surface area contributed by atoms with Crippen molar-refractivity contribution in [2.24, 2.45) is 0 Å². The first kappa shape index (κ1) is 20.8. The molecule has 0 amide bonds. The molecular weight excluding hydrogens is 298 g/mol. The fraction of sp³-hybridized carbons (Fsp3) is 1.00. The summed E-state index contributed by atoms with van der Waals surface area (Å²) in [6.45, 7) is 7.08. The van der Waals surface area contributed by atoms with Gasteiger partial charge in [0.05, 0.1) is 38.8 Å². The van der Waals surface area contributed by atoms with Gasteiger partial charge in [-0.05, 0) is 26.4 Å². The predicted molar refractivity (Wildman–Crippen MR) is 81.3 cm³/mol. The van der Waals surface area contributed by atoms with Gasteiger partial charge in [0.1, 0.15) is 0 Å². The number of likely N-dealkylation sites (N-methyl/N-ethyl adjacent to an activating group) is 1. The monoisotopic (exact) mass is 327 g/mol. The fourth-order valence-corrected chi connectivity index (χ4v) is 2.08. The van der Waals surface area contributed by atoms with Crippen molar-refractivity contribution >= 4 is 10.1 Å². The Hall–Kier alpha value is -0.250. The van der Waals surface area contributed by atoms with Gasteiger partial charge >= 0.3 is 0 Å². The van der Waals surface area contributed by atoms with Gasteiger partial charge in [0.2, 0.25) is 0 Å². The zero-order valence-corrected chi connectivity index (χ0v) is 13.9. The number of rotatable bonds is 15. The Kier molecular flexibility index (Phi) is 13.3. The molecule has 0 saturated carbocycles. The summed E-state index contributed by atoms with van der Waals surface area (Å²) >= 11 is 0. The van der Waals surface area contributed by atoms with Crippen molar-refractivity contribution in [3.63, 3.8) is 0 Å². The maximum absolute atomic E-state index is 10.4. The molecule has 0 aliphatic carbocycles. The summed E-state index contributed by atoms with van der Waals surface area (Å²) < 4.78 is 45.3. The highest BCUT2D eigenvalue weighted by molar-refractivity contribution is 7.85. The van der Waals surface area contributed by atoms with Gasteiger partial charge in [0.25, 0.3) is 10.1 Å². The van der Waals surface area contributed by atoms with Crippen molar-refractivity contribution in [1.82, 2.24) is 4.90 Å². The SMILES string of the molecule is CCCN(C)CCOCCOCCOCCCS(=O)(=O)O. The van der Waals surface area contributed by atoms with Crippen LogP contribution in [0.4, 0.5) is 0 Å². The van der Waals surface area contributed by atoms with E-state index in [4.69, 9.17) is 18.8 Å². The van der Waals surface area contributed by atoms with Crippen LogP contribution in [-0.4, -0.2) is 83.4 Å². The van der Waals surface area contributed by atoms with Crippen LogP contribution < -0.4 is 0 Å². The lowest BCUT2D eigenvalue weighted by molar-refractivity contribution is 0.0117. The molecule has 7 nitrogen and oxygen atoms in total. The highest BCUT2D eigenvalue weighted by Gasteiger charge is 2.03. The molecule has 0 aliphatic rings. The molecule has 0 aromatic heterocycles. The lowest BCUT2D eigenvalue weighted by Gasteiger charge is -2.15. The van der Waals surface area contributed by atoms with E-state index in [9.17, 15) is 8.42 Å². The summed E-state index contributed by atoms with van der Waals surface area (Å²) in [5.41, 5.74) is 0. The van der Waals surface area contributed by atoms with Gasteiger partial charge in [-0.25, -0.2) is 0 Å². The Balaban J connectivity index is 3.12. The Morgan fingerprint density at radius 1 is 0.905 bits per heavy atom. The molecule has 0 bridgehead atoms. The lowest BCUT2D eigenvalue weighted by atomic mass is 10.4. The molecule has 0 unspecified atom stereocenters. The standard InChI is InChI=1S/C13H29NO6S/c1-3-5-14(2)6-8-19-10-12-20-11-9-18-7-4-13-21(15,16)17/h3-13H2,1-2H3,(H,15,16,17). The van der Waals surface area contributed by atoms with Crippen molar-refractivity contribution in [1.29, 1.82) is 0 Å². The second-order valence-electron chi connectivity index (χ2n) is 4.78. The normalized spacial score (nSPS) is 12.2. The zero-order valence-electron chi connectivity index (χ0n) is 13.1. The second kappa shape index (κ2) is 13.4. The Labute approximate surface area is 128 Å². The second-order valence-corrected chi connectivity index (χ2v) is 6.35. The van der Waals surface area contributed by atoms with Crippen LogP contribution in [0.5, 0.6) is 0 Å². The molecule has 0 aromatic carbocycles. The van der Waals surface area contributed by atoms with Crippen molar-refractivity contribution in [3.05, 3.63) is 0 Å². The average Bonchev–Trinajstić information content (AvgIpc) is 2.39. The summed E-state index contributed by atoms with van der Waals surface area (Å²) in [7, 11) is -1.80. The minimum atomic E-state index is -3.88. The molecule has 128 valence electrons. The molecule has 0 atom stereocenters. The molecule has 0 saturated heterocycles. The van der Waals surface area contributed by atoms with Gasteiger partial charge in [-0.3, -0.25) is 4.55 Å². The van der Waals surface area contributed by atoms with Crippen LogP contribution in [-0.2, 0) is 24.3 Å². The van der Waals surface area contributed by atoms with E-state index < -0.39 is 10.1 Å². The van der Waals surface area contributed by atoms with Crippen LogP contribution in [0.25, 0.3) is 0 Å². The Morgan fingerprint density at radius 2 is 1.43 bits per heavy atom. The lowest BCUT2D eigenvalue weighted by Crippen LogP contribution is -2.24. The summed E-state index contributed by atoms with van der Waals surface area (Å²) in [4.78, 5) is 2.22. The van der Waals surface area contributed by atoms with Crippen LogP contribution in [0.15, 0.2) is 0 Å². The average molecular weight is 327 g/mol. The molecule has 8 heteroatoms. The van der Waals surface area contributed by atoms with Crippen LogP contribution in [0.1, 0.15) is 19.8 Å². The molecule has 1 N–H and O–H groups in total. The quantitative estimate of drug-likeness (QED) is 0.349. The zero-order chi connectivity index (χ0) is 16.0. The van der Waals surface area contributed by atoms with E-state index >= 15 is 0 Å². The first-order chi connectivity index (χ1) is 9.95. The minimum Gasteiger partial charge on any atom is -0.379 e. The highest BCUT2D eigenvalue weighted by atomic mass is 32.2. The smallest absolute Gasteiger partial charge is 0.264 e. The molecule has 0 rings (SSSR count). The van der Waals surface area contributed by atoms with E-state index in [1.807, 2.05) is 0 Å². The van der Waals surface area contributed by atoms with Crippen molar-refractivity contribution in [3.8, 4) is 0 Å². The molecular formula is C13H29NO6S. The molecule has 0 heterocycles. The third-order valence-corrected chi connectivity index (χ3v) is 3.46. The van der Waals surface area contributed by atoms with E-state index in [1.165, 1.54) is 0 Å². The van der Waals surface area contributed by atoms with Gasteiger partial charge < -0.3 is 19.1 Å². The molecule has 21 heavy (non-hydrogen) atoms. The first-order valence-electron chi connectivity index (χ1n) is 7.32. The molecule has 0 radical (unpaired) electrons. The van der Waals surface area contributed by atoms with E-state index in [2.05, 4.69) is 18.9 Å². The number of hydrogen-bond donors (Lipinski definition) is 1. The summed E-state index contributed by atoms with van der Waals surface area (Å²) in [6, 6.07) is 0. The predicted octanol–water partition coefficient (Wildman–Crippen LogP) is 0.656. The molecule has 0 fully saturated rings. The van der Waals surface area contributed by atoms with Crippen LogP contribution >= 0.6 is 0 Å². The number of ether oxygens (including phenoxy) is 3. The van der Waals surface area contributed by atoms with E-state index in [1.54, 1.807) is 0 Å². The summed E-state index contributed by atoms with van der Waals surface area (Å²) in [5.74, 6) is -0.270. The van der Waals surface area contributed by atoms with Gasteiger partial charge in [-0.2, -0.15) is 8.42 Å². The number of nitrogens with zero attached hydrogens (tertiary/aromatic N) is 1. The molecule has 0 spiro atoms. The Bertz CT molecular complexity index is 323. The molecule has 0 aromatic rings. The van der Waals surface area contributed by atoms with Gasteiger partial charge in [-0.1, -0.05) is 6.92 Å². The van der Waals surface area contributed by atoms with Gasteiger partial charge in [-0.15, -0.1) is 0 Å². The van der Waals surface area contributed by atoms with E-state index in [0.29, 0.717) is 39.6 Å². The van der Waals surface area contributed by atoms with Gasteiger partial charge in [0, 0.05) is 13.2 Å². The highest BCUT2D eigenvalue weighted by Crippen LogP contribution is 1.90. The number of hydrogen-bond acceptors (Lipinski definition) is 6. The van der Waals surface area contributed by atoms with Crippen molar-refractivity contribution in [2.45, 2.75) is 19.8 Å². The maximum Gasteiger partial charge on any atom is 0.264 e. The van der Waals surface area contributed by atoms with Crippen LogP contribution in [0, 0.1) is 0 Å². The topological polar surface area (TPSA) is 85.3 Å². The van der Waals surface area contributed by atoms with E-state index in [0.717, 1.165) is 19.5 Å². The maximum atomic E-state index is 10.4. The molecule has 0 aliphatic heterocycles. The largest absolute Gasteiger partial charge is 0.379 e. The van der Waals surface area contributed by atoms with E-state index in [-0.39, 0.29) is 12.2 Å². The third kappa shape index (κ3) is 17.7. The van der Waals surface area contributed by atoms with Crippen molar-refractivity contribution in [2.75, 3.05) is 65.5 Å². The minimum absolute atomic E-state index is 0.270. The Morgan fingerprint density at radius 3 is 1.95 bits per heavy atom.